The number of nitrogens with zero attached hydrogens (tertiary/aromatic N) is 1. The van der Waals surface area contributed by atoms with Crippen LogP contribution in [0.15, 0.2) is 24.3 Å². The minimum absolute atomic E-state index is 0.245. The van der Waals surface area contributed by atoms with Crippen LogP contribution in [-0.4, -0.2) is 39.6 Å². The van der Waals surface area contributed by atoms with E-state index in [0.717, 1.165) is 0 Å². The van der Waals surface area contributed by atoms with Crippen LogP contribution >= 0.6 is 11.8 Å². The van der Waals surface area contributed by atoms with Gasteiger partial charge in [-0.3, -0.25) is 4.79 Å². The second-order valence-corrected chi connectivity index (χ2v) is 4.05. The summed E-state index contributed by atoms with van der Waals surface area (Å²) >= 11 is 1.46. The number of carbonyl (C=O) groups excluding carboxylic acids is 1. The van der Waals surface area contributed by atoms with Crippen molar-refractivity contribution in [1.29, 1.82) is 0 Å². The Morgan fingerprint density at radius 3 is 2.80 bits per heavy atom. The van der Waals surface area contributed by atoms with E-state index in [1.54, 1.807) is 18.2 Å². The van der Waals surface area contributed by atoms with Crippen LogP contribution in [-0.2, 0) is 9.59 Å². The lowest BCUT2D eigenvalue weighted by atomic mass is 10.3. The van der Waals surface area contributed by atoms with Crippen LogP contribution in [0.3, 0.4) is 0 Å². The standard InChI is InChI=1S/C10H13NO3S/c1-2-3-4-5-9(12)11-7-15-6-8(11)10(13)14/h2-5,8H,6-7H2,1H3,(H,13,14)/b3-2+,5-4+/t8-/m0/s1. The molecule has 1 atom stereocenters. The first-order chi connectivity index (χ1) is 7.16. The molecule has 0 aromatic heterocycles. The highest BCUT2D eigenvalue weighted by molar-refractivity contribution is 7.99. The van der Waals surface area contributed by atoms with Gasteiger partial charge < -0.3 is 10.0 Å². The Balaban J connectivity index is 2.62. The van der Waals surface area contributed by atoms with Crippen molar-refractivity contribution >= 4 is 23.6 Å². The molecule has 1 rings (SSSR count). The van der Waals surface area contributed by atoms with E-state index in [1.807, 2.05) is 6.92 Å². The van der Waals surface area contributed by atoms with Gasteiger partial charge in [0, 0.05) is 11.8 Å². The van der Waals surface area contributed by atoms with Crippen LogP contribution in [0.5, 0.6) is 0 Å². The third kappa shape index (κ3) is 3.13. The van der Waals surface area contributed by atoms with Gasteiger partial charge in [-0.15, -0.1) is 11.8 Å². The molecule has 82 valence electrons. The van der Waals surface area contributed by atoms with E-state index in [9.17, 15) is 9.59 Å². The van der Waals surface area contributed by atoms with E-state index >= 15 is 0 Å². The molecular formula is C10H13NO3S. The van der Waals surface area contributed by atoms with Gasteiger partial charge in [0.1, 0.15) is 6.04 Å². The highest BCUT2D eigenvalue weighted by atomic mass is 32.2. The number of rotatable bonds is 3. The lowest BCUT2D eigenvalue weighted by Gasteiger charge is -2.18. The average Bonchev–Trinajstić information content (AvgIpc) is 2.66. The van der Waals surface area contributed by atoms with Crippen molar-refractivity contribution in [1.82, 2.24) is 4.90 Å². The van der Waals surface area contributed by atoms with Gasteiger partial charge in [-0.1, -0.05) is 18.2 Å². The molecule has 0 aromatic rings. The molecule has 1 aliphatic rings. The van der Waals surface area contributed by atoms with Gasteiger partial charge in [0.2, 0.25) is 5.91 Å². The topological polar surface area (TPSA) is 57.6 Å². The number of amides is 1. The van der Waals surface area contributed by atoms with Gasteiger partial charge in [0.05, 0.1) is 5.88 Å². The van der Waals surface area contributed by atoms with Crippen molar-refractivity contribution < 1.29 is 14.7 Å². The molecule has 1 N–H and O–H groups in total. The van der Waals surface area contributed by atoms with Crippen LogP contribution in [0.2, 0.25) is 0 Å². The van der Waals surface area contributed by atoms with Crippen molar-refractivity contribution in [2.45, 2.75) is 13.0 Å². The summed E-state index contributed by atoms with van der Waals surface area (Å²) in [4.78, 5) is 23.7. The van der Waals surface area contributed by atoms with Crippen LogP contribution in [0.4, 0.5) is 0 Å². The van der Waals surface area contributed by atoms with Crippen LogP contribution in [0.1, 0.15) is 6.92 Å². The number of aliphatic carboxylic acids is 1. The van der Waals surface area contributed by atoms with Gasteiger partial charge in [0.15, 0.2) is 0 Å². The first-order valence-corrected chi connectivity index (χ1v) is 5.72. The predicted molar refractivity (Wildman–Crippen MR) is 59.5 cm³/mol. The van der Waals surface area contributed by atoms with Crippen molar-refractivity contribution in [3.8, 4) is 0 Å². The Morgan fingerprint density at radius 1 is 1.47 bits per heavy atom. The number of hydrogen-bond donors (Lipinski definition) is 1. The minimum atomic E-state index is -0.937. The molecule has 0 bridgehead atoms. The zero-order valence-corrected chi connectivity index (χ0v) is 9.24. The first kappa shape index (κ1) is 11.8. The van der Waals surface area contributed by atoms with Crippen molar-refractivity contribution in [2.24, 2.45) is 0 Å². The molecule has 5 heteroatoms. The highest BCUT2D eigenvalue weighted by Gasteiger charge is 2.33. The second-order valence-electron chi connectivity index (χ2n) is 3.05. The summed E-state index contributed by atoms with van der Waals surface area (Å²) in [5.41, 5.74) is 0. The number of allylic oxidation sites excluding steroid dienone is 3. The van der Waals surface area contributed by atoms with Crippen molar-refractivity contribution in [3.63, 3.8) is 0 Å². The van der Waals surface area contributed by atoms with Crippen molar-refractivity contribution in [3.05, 3.63) is 24.3 Å². The number of carboxylic acids is 1. The monoisotopic (exact) mass is 227 g/mol. The summed E-state index contributed by atoms with van der Waals surface area (Å²) in [6, 6.07) is -0.683. The number of carbonyl (C=O) groups is 2. The molecule has 4 nitrogen and oxygen atoms in total. The summed E-state index contributed by atoms with van der Waals surface area (Å²) in [5.74, 6) is -0.257. The Labute approximate surface area is 92.6 Å². The molecule has 0 radical (unpaired) electrons. The van der Waals surface area contributed by atoms with E-state index < -0.39 is 12.0 Å². The molecule has 15 heavy (non-hydrogen) atoms. The number of thioether (sulfide) groups is 1. The summed E-state index contributed by atoms with van der Waals surface area (Å²) in [5, 5.41) is 8.86. The van der Waals surface area contributed by atoms with Gasteiger partial charge in [-0.25, -0.2) is 4.79 Å². The molecule has 1 fully saturated rings. The van der Waals surface area contributed by atoms with Crippen LogP contribution < -0.4 is 0 Å². The minimum Gasteiger partial charge on any atom is -0.480 e. The molecule has 0 aromatic carbocycles. The number of carboxylic acid groups (broad SMARTS) is 1. The molecule has 1 heterocycles. The third-order valence-electron chi connectivity index (χ3n) is 1.99. The quantitative estimate of drug-likeness (QED) is 0.579. The van der Waals surface area contributed by atoms with Crippen LogP contribution in [0, 0.1) is 0 Å². The first-order valence-electron chi connectivity index (χ1n) is 4.57. The molecule has 1 aliphatic heterocycles. The molecule has 0 saturated carbocycles. The van der Waals surface area contributed by atoms with E-state index in [4.69, 9.17) is 5.11 Å². The number of hydrogen-bond acceptors (Lipinski definition) is 3. The second kappa shape index (κ2) is 5.60. The lowest BCUT2D eigenvalue weighted by molar-refractivity contribution is -0.146. The fourth-order valence-corrected chi connectivity index (χ4v) is 2.36. The molecule has 0 unspecified atom stereocenters. The van der Waals surface area contributed by atoms with Gasteiger partial charge >= 0.3 is 5.97 Å². The Kier molecular flexibility index (Phi) is 4.42. The van der Waals surface area contributed by atoms with Gasteiger partial charge in [-0.05, 0) is 6.92 Å². The Hall–Kier alpha value is -1.23. The normalized spacial score (nSPS) is 21.7. The van der Waals surface area contributed by atoms with Crippen molar-refractivity contribution in [2.75, 3.05) is 11.6 Å². The maximum Gasteiger partial charge on any atom is 0.327 e. The summed E-state index contributed by atoms with van der Waals surface area (Å²) in [7, 11) is 0. The summed E-state index contributed by atoms with van der Waals surface area (Å²) in [6.45, 7) is 1.85. The molecular weight excluding hydrogens is 214 g/mol. The fourth-order valence-electron chi connectivity index (χ4n) is 1.21. The maximum absolute atomic E-state index is 11.6. The SMILES string of the molecule is C/C=C/C=C/C(=O)N1CSC[C@H]1C(=O)O. The Morgan fingerprint density at radius 2 is 2.20 bits per heavy atom. The molecule has 0 spiro atoms. The highest BCUT2D eigenvalue weighted by Crippen LogP contribution is 2.21. The smallest absolute Gasteiger partial charge is 0.327 e. The third-order valence-corrected chi connectivity index (χ3v) is 3.01. The largest absolute Gasteiger partial charge is 0.480 e. The predicted octanol–water partition coefficient (Wildman–Crippen LogP) is 1.10. The van der Waals surface area contributed by atoms with E-state index in [0.29, 0.717) is 11.6 Å². The summed E-state index contributed by atoms with van der Waals surface area (Å²) in [6.07, 6.45) is 6.54. The fraction of sp³-hybridized carbons (Fsp3) is 0.400. The summed E-state index contributed by atoms with van der Waals surface area (Å²) < 4.78 is 0. The Bertz CT molecular complexity index is 312. The van der Waals surface area contributed by atoms with E-state index in [1.165, 1.54) is 22.7 Å². The van der Waals surface area contributed by atoms with Crippen LogP contribution in [0.25, 0.3) is 0 Å². The molecule has 0 aliphatic carbocycles. The van der Waals surface area contributed by atoms with Gasteiger partial charge in [0.25, 0.3) is 0 Å². The zero-order chi connectivity index (χ0) is 11.3. The molecule has 1 amide bonds. The average molecular weight is 227 g/mol. The van der Waals surface area contributed by atoms with E-state index in [-0.39, 0.29) is 5.91 Å². The van der Waals surface area contributed by atoms with E-state index in [2.05, 4.69) is 0 Å². The van der Waals surface area contributed by atoms with Gasteiger partial charge in [-0.2, -0.15) is 0 Å². The maximum atomic E-state index is 11.6. The molecule has 1 saturated heterocycles. The zero-order valence-electron chi connectivity index (χ0n) is 8.42. The lowest BCUT2D eigenvalue weighted by Crippen LogP contribution is -2.40.